The number of hydrogen-bond donors (Lipinski definition) is 2. The molecule has 0 aromatic carbocycles. The number of nitrogens with one attached hydrogen (secondary N) is 1. The number of amides is 1. The summed E-state index contributed by atoms with van der Waals surface area (Å²) in [4.78, 5) is 25.6. The first kappa shape index (κ1) is 26.7. The van der Waals surface area contributed by atoms with Crippen molar-refractivity contribution in [2.24, 2.45) is 28.5 Å². The minimum absolute atomic E-state index is 0. The molecule has 180 valence electrons. The Labute approximate surface area is 210 Å². The van der Waals surface area contributed by atoms with Crippen LogP contribution in [0.5, 0.6) is 0 Å². The number of pyridine rings is 1. The Morgan fingerprint density at radius 2 is 1.94 bits per heavy atom. The van der Waals surface area contributed by atoms with Crippen molar-refractivity contribution in [1.82, 2.24) is 15.2 Å². The van der Waals surface area contributed by atoms with Crippen LogP contribution in [0.2, 0.25) is 0 Å². The highest BCUT2D eigenvalue weighted by atomic mass is 127. The van der Waals surface area contributed by atoms with Crippen LogP contribution in [0.3, 0.4) is 0 Å². The summed E-state index contributed by atoms with van der Waals surface area (Å²) in [6.45, 7) is 8.60. The van der Waals surface area contributed by atoms with Gasteiger partial charge in [0.2, 0.25) is 5.91 Å². The van der Waals surface area contributed by atoms with Crippen molar-refractivity contribution in [2.75, 3.05) is 38.1 Å². The monoisotopic (exact) mass is 556 g/mol. The van der Waals surface area contributed by atoms with Crippen molar-refractivity contribution in [3.8, 4) is 0 Å². The van der Waals surface area contributed by atoms with E-state index in [9.17, 15) is 4.79 Å². The van der Waals surface area contributed by atoms with Crippen LogP contribution in [0.15, 0.2) is 23.3 Å². The molecule has 8 heteroatoms. The highest BCUT2D eigenvalue weighted by molar-refractivity contribution is 14.0. The van der Waals surface area contributed by atoms with Crippen LogP contribution in [-0.4, -0.2) is 55.0 Å². The van der Waals surface area contributed by atoms with Crippen LogP contribution in [0.1, 0.15) is 57.9 Å². The number of nitrogens with zero attached hydrogens (tertiary/aromatic N) is 4. The van der Waals surface area contributed by atoms with Crippen LogP contribution in [0, 0.1) is 17.8 Å². The van der Waals surface area contributed by atoms with E-state index in [4.69, 9.17) is 10.7 Å². The van der Waals surface area contributed by atoms with Gasteiger partial charge in [-0.2, -0.15) is 0 Å². The molecule has 0 unspecified atom stereocenters. The zero-order valence-electron chi connectivity index (χ0n) is 19.9. The molecular weight excluding hydrogens is 515 g/mol. The molecule has 7 nitrogen and oxygen atoms in total. The number of aromatic nitrogens is 1. The number of piperidine rings is 1. The van der Waals surface area contributed by atoms with Crippen molar-refractivity contribution in [3.05, 3.63) is 23.9 Å². The molecular formula is C24H41IN6O. The molecule has 2 aliphatic rings. The predicted octanol–water partition coefficient (Wildman–Crippen LogP) is 3.62. The number of guanidine groups is 1. The van der Waals surface area contributed by atoms with E-state index in [1.165, 1.54) is 25.7 Å². The largest absolute Gasteiger partial charge is 0.369 e. The molecule has 0 radical (unpaired) electrons. The number of anilines is 1. The quantitative estimate of drug-likeness (QED) is 0.305. The SMILES string of the molecule is CCNC(=NCc1cccnc1N1CCC(C(N)=O)CC1)N(C)CC1CCC(C)CC1.I. The van der Waals surface area contributed by atoms with E-state index in [2.05, 4.69) is 47.1 Å². The summed E-state index contributed by atoms with van der Waals surface area (Å²) in [5.74, 6) is 3.37. The summed E-state index contributed by atoms with van der Waals surface area (Å²) >= 11 is 0. The van der Waals surface area contributed by atoms with Crippen LogP contribution < -0.4 is 16.0 Å². The van der Waals surface area contributed by atoms with E-state index in [-0.39, 0.29) is 35.8 Å². The number of nitrogens with two attached hydrogens (primary N) is 1. The number of aliphatic imine (C=N–C) groups is 1. The van der Waals surface area contributed by atoms with Crippen molar-refractivity contribution in [2.45, 2.75) is 58.9 Å². The maximum Gasteiger partial charge on any atom is 0.220 e. The number of rotatable bonds is 7. The lowest BCUT2D eigenvalue weighted by Gasteiger charge is -2.33. The Bertz CT molecular complexity index is 742. The second kappa shape index (κ2) is 13.2. The molecule has 3 N–H and O–H groups in total. The van der Waals surface area contributed by atoms with E-state index < -0.39 is 0 Å². The molecule has 32 heavy (non-hydrogen) atoms. The van der Waals surface area contributed by atoms with E-state index in [0.717, 1.165) is 68.2 Å². The van der Waals surface area contributed by atoms with Crippen molar-refractivity contribution < 1.29 is 4.79 Å². The molecule has 2 heterocycles. The van der Waals surface area contributed by atoms with Crippen molar-refractivity contribution in [3.63, 3.8) is 0 Å². The lowest BCUT2D eigenvalue weighted by Crippen LogP contribution is -2.42. The van der Waals surface area contributed by atoms with Crippen LogP contribution in [0.25, 0.3) is 0 Å². The third kappa shape index (κ3) is 7.49. The first-order valence-electron chi connectivity index (χ1n) is 12.0. The summed E-state index contributed by atoms with van der Waals surface area (Å²) in [6, 6.07) is 4.09. The van der Waals surface area contributed by atoms with Crippen molar-refractivity contribution in [1.29, 1.82) is 0 Å². The van der Waals surface area contributed by atoms with Gasteiger partial charge in [0.15, 0.2) is 5.96 Å². The number of carbonyl (C=O) groups is 1. The van der Waals surface area contributed by atoms with Gasteiger partial charge < -0.3 is 20.9 Å². The van der Waals surface area contributed by atoms with Crippen molar-refractivity contribution >= 4 is 41.7 Å². The van der Waals surface area contributed by atoms with Gasteiger partial charge >= 0.3 is 0 Å². The molecule has 1 saturated carbocycles. The molecule has 0 spiro atoms. The van der Waals surface area contributed by atoms with Gasteiger partial charge in [-0.25, -0.2) is 9.98 Å². The molecule has 1 aromatic rings. The maximum absolute atomic E-state index is 11.5. The molecule has 1 aromatic heterocycles. The summed E-state index contributed by atoms with van der Waals surface area (Å²) in [7, 11) is 2.15. The molecule has 1 aliphatic carbocycles. The van der Waals surface area contributed by atoms with E-state index in [1.54, 1.807) is 0 Å². The highest BCUT2D eigenvalue weighted by Gasteiger charge is 2.25. The first-order chi connectivity index (χ1) is 15.0. The molecule has 3 rings (SSSR count). The van der Waals surface area contributed by atoms with Crippen LogP contribution in [-0.2, 0) is 11.3 Å². The maximum atomic E-state index is 11.5. The van der Waals surface area contributed by atoms with Gasteiger partial charge in [-0.3, -0.25) is 4.79 Å². The van der Waals surface area contributed by atoms with Gasteiger partial charge in [0.05, 0.1) is 6.54 Å². The zero-order valence-corrected chi connectivity index (χ0v) is 22.3. The van der Waals surface area contributed by atoms with E-state index >= 15 is 0 Å². The first-order valence-corrected chi connectivity index (χ1v) is 12.0. The average molecular weight is 557 g/mol. The fraction of sp³-hybridized carbons (Fsp3) is 0.708. The zero-order chi connectivity index (χ0) is 22.2. The predicted molar refractivity (Wildman–Crippen MR) is 142 cm³/mol. The third-order valence-corrected chi connectivity index (χ3v) is 6.83. The summed E-state index contributed by atoms with van der Waals surface area (Å²) < 4.78 is 0. The van der Waals surface area contributed by atoms with Gasteiger partial charge in [0.25, 0.3) is 0 Å². The number of carbonyl (C=O) groups excluding carboxylic acids is 1. The minimum atomic E-state index is -0.184. The Hall–Kier alpha value is -1.58. The molecule has 1 amide bonds. The fourth-order valence-electron chi connectivity index (χ4n) is 4.83. The number of hydrogen-bond acceptors (Lipinski definition) is 4. The highest BCUT2D eigenvalue weighted by Crippen LogP contribution is 2.29. The Morgan fingerprint density at radius 1 is 1.25 bits per heavy atom. The molecule has 1 aliphatic heterocycles. The average Bonchev–Trinajstić information content (AvgIpc) is 2.78. The minimum Gasteiger partial charge on any atom is -0.369 e. The van der Waals surface area contributed by atoms with E-state index in [1.807, 2.05) is 12.3 Å². The topological polar surface area (TPSA) is 86.9 Å². The van der Waals surface area contributed by atoms with Gasteiger partial charge in [-0.1, -0.05) is 25.8 Å². The smallest absolute Gasteiger partial charge is 0.220 e. The lowest BCUT2D eigenvalue weighted by atomic mass is 9.83. The normalized spacial score (nSPS) is 22.2. The Balaban J connectivity index is 0.00000363. The molecule has 1 saturated heterocycles. The van der Waals surface area contributed by atoms with Crippen LogP contribution in [0.4, 0.5) is 5.82 Å². The number of primary amides is 1. The van der Waals surface area contributed by atoms with Crippen LogP contribution >= 0.6 is 24.0 Å². The Morgan fingerprint density at radius 3 is 2.56 bits per heavy atom. The van der Waals surface area contributed by atoms with Gasteiger partial charge in [-0.15, -0.1) is 24.0 Å². The van der Waals surface area contributed by atoms with E-state index in [0.29, 0.717) is 6.54 Å². The lowest BCUT2D eigenvalue weighted by molar-refractivity contribution is -0.122. The van der Waals surface area contributed by atoms with Gasteiger partial charge in [-0.05, 0) is 50.5 Å². The summed E-state index contributed by atoms with van der Waals surface area (Å²) in [5, 5.41) is 3.46. The Kier molecular flexibility index (Phi) is 11.0. The summed E-state index contributed by atoms with van der Waals surface area (Å²) in [6.07, 6.45) is 8.75. The molecule has 0 bridgehead atoms. The second-order valence-corrected chi connectivity index (χ2v) is 9.33. The second-order valence-electron chi connectivity index (χ2n) is 9.33. The molecule has 2 fully saturated rings. The third-order valence-electron chi connectivity index (χ3n) is 6.83. The summed E-state index contributed by atoms with van der Waals surface area (Å²) in [5.41, 5.74) is 6.61. The fourth-order valence-corrected chi connectivity index (χ4v) is 4.83. The number of halogens is 1. The van der Waals surface area contributed by atoms with Gasteiger partial charge in [0, 0.05) is 50.9 Å². The molecule has 0 atom stereocenters. The standard InChI is InChI=1S/C24H40N6O.HI/c1-4-26-24(29(3)17-19-9-7-18(2)8-10-19)28-16-21-6-5-13-27-23(21)30-14-11-20(12-15-30)22(25)31;/h5-6,13,18-20H,4,7-12,14-17H2,1-3H3,(H2,25,31)(H,26,28);1H. The van der Waals surface area contributed by atoms with Gasteiger partial charge in [0.1, 0.15) is 5.82 Å².